The third-order valence-corrected chi connectivity index (χ3v) is 6.03. The third kappa shape index (κ3) is 4.67. The molecule has 0 spiro atoms. The molecule has 6 nitrogen and oxygen atoms in total. The van der Waals surface area contributed by atoms with Crippen molar-refractivity contribution < 1.29 is 19.0 Å². The summed E-state index contributed by atoms with van der Waals surface area (Å²) in [5, 5.41) is 0. The normalized spacial score (nSPS) is 17.5. The second-order valence-corrected chi connectivity index (χ2v) is 10.1. The minimum atomic E-state index is -0.387. The van der Waals surface area contributed by atoms with Gasteiger partial charge in [-0.2, -0.15) is 0 Å². The average molecular weight is 463 g/mol. The number of aliphatic imine (C=N–C) groups is 1. The van der Waals surface area contributed by atoms with Crippen LogP contribution >= 0.6 is 0 Å². The predicted octanol–water partition coefficient (Wildman–Crippen LogP) is 5.13. The second kappa shape index (κ2) is 8.82. The van der Waals surface area contributed by atoms with E-state index >= 15 is 0 Å². The molecule has 0 saturated heterocycles. The van der Waals surface area contributed by atoms with E-state index in [4.69, 9.17) is 24.9 Å². The Hall–Kier alpha value is -3.28. The summed E-state index contributed by atoms with van der Waals surface area (Å²) in [4.78, 5) is 16.9. The van der Waals surface area contributed by atoms with E-state index in [9.17, 15) is 4.79 Å². The Balaban J connectivity index is 1.82. The molecule has 0 unspecified atom stereocenters. The number of fused-ring (bicyclic) bond motifs is 3. The third-order valence-electron chi connectivity index (χ3n) is 6.03. The molecule has 0 bridgehead atoms. The lowest BCUT2D eigenvalue weighted by Gasteiger charge is -2.31. The number of hydrogen-bond acceptors (Lipinski definition) is 6. The summed E-state index contributed by atoms with van der Waals surface area (Å²) in [6, 6.07) is 7.97. The van der Waals surface area contributed by atoms with Crippen molar-refractivity contribution in [3.8, 4) is 11.5 Å². The Bertz CT molecular complexity index is 1190. The number of anilines is 1. The summed E-state index contributed by atoms with van der Waals surface area (Å²) in [7, 11) is 0. The van der Waals surface area contributed by atoms with Crippen LogP contribution in [0, 0.1) is 0 Å². The highest BCUT2D eigenvalue weighted by atomic mass is 16.5. The van der Waals surface area contributed by atoms with Gasteiger partial charge in [-0.05, 0) is 77.3 Å². The molecule has 2 aliphatic rings. The van der Waals surface area contributed by atoms with Crippen molar-refractivity contribution >= 4 is 23.4 Å². The summed E-state index contributed by atoms with van der Waals surface area (Å²) in [6.07, 6.45) is 4.67. The molecule has 0 aromatic heterocycles. The van der Waals surface area contributed by atoms with E-state index in [0.717, 1.165) is 52.3 Å². The van der Waals surface area contributed by atoms with Crippen molar-refractivity contribution in [3.63, 3.8) is 0 Å². The van der Waals surface area contributed by atoms with Crippen molar-refractivity contribution in [2.45, 2.75) is 65.5 Å². The first-order chi connectivity index (χ1) is 16.0. The number of carbonyl (C=O) groups excluding carboxylic acids is 1. The number of hydrogen-bond donors (Lipinski definition) is 1. The van der Waals surface area contributed by atoms with Gasteiger partial charge in [0.05, 0.1) is 24.5 Å². The maximum Gasteiger partial charge on any atom is 0.330 e. The first-order valence-corrected chi connectivity index (χ1v) is 11.9. The lowest BCUT2D eigenvalue weighted by molar-refractivity contribution is -0.137. The van der Waals surface area contributed by atoms with Crippen molar-refractivity contribution in [1.29, 1.82) is 0 Å². The van der Waals surface area contributed by atoms with E-state index in [0.29, 0.717) is 18.9 Å². The van der Waals surface area contributed by atoms with E-state index in [1.807, 2.05) is 25.1 Å². The predicted molar refractivity (Wildman–Crippen MR) is 136 cm³/mol. The molecule has 0 saturated carbocycles. The van der Waals surface area contributed by atoms with Crippen LogP contribution in [0.1, 0.15) is 69.4 Å². The molecule has 2 heterocycles. The van der Waals surface area contributed by atoms with Gasteiger partial charge in [-0.1, -0.05) is 12.1 Å². The van der Waals surface area contributed by atoms with Crippen molar-refractivity contribution in [2.75, 3.05) is 18.9 Å². The largest absolute Gasteiger partial charge is 0.490 e. The quantitative estimate of drug-likeness (QED) is 0.366. The number of esters is 1. The molecule has 0 amide bonds. The summed E-state index contributed by atoms with van der Waals surface area (Å²) >= 11 is 0. The fraction of sp³-hybridized carbons (Fsp3) is 0.429. The number of rotatable bonds is 6. The lowest BCUT2D eigenvalue weighted by atomic mass is 9.80. The molecule has 2 aromatic carbocycles. The molecule has 6 heteroatoms. The molecule has 0 aliphatic carbocycles. The highest BCUT2D eigenvalue weighted by Gasteiger charge is 2.39. The van der Waals surface area contributed by atoms with Crippen LogP contribution in [0.15, 0.2) is 35.3 Å². The van der Waals surface area contributed by atoms with Gasteiger partial charge in [-0.15, -0.1) is 0 Å². The Morgan fingerprint density at radius 1 is 1.15 bits per heavy atom. The van der Waals surface area contributed by atoms with E-state index in [1.54, 1.807) is 13.0 Å². The minimum Gasteiger partial charge on any atom is -0.490 e. The van der Waals surface area contributed by atoms with Gasteiger partial charge in [-0.25, -0.2) is 4.79 Å². The fourth-order valence-corrected chi connectivity index (χ4v) is 4.76. The first-order valence-electron chi connectivity index (χ1n) is 11.9. The Morgan fingerprint density at radius 3 is 2.59 bits per heavy atom. The van der Waals surface area contributed by atoms with Crippen LogP contribution < -0.4 is 15.2 Å². The summed E-state index contributed by atoms with van der Waals surface area (Å²) in [5.74, 6) is 1.24. The van der Waals surface area contributed by atoms with Crippen LogP contribution in [-0.2, 0) is 22.4 Å². The van der Waals surface area contributed by atoms with Crippen LogP contribution in [0.25, 0.3) is 6.08 Å². The van der Waals surface area contributed by atoms with E-state index in [-0.39, 0.29) is 17.1 Å². The zero-order valence-corrected chi connectivity index (χ0v) is 21.0. The summed E-state index contributed by atoms with van der Waals surface area (Å²) < 4.78 is 17.3. The molecular formula is C28H34N2O4. The summed E-state index contributed by atoms with van der Waals surface area (Å²) in [5.41, 5.74) is 12.5. The second-order valence-electron chi connectivity index (χ2n) is 10.1. The van der Waals surface area contributed by atoms with Gasteiger partial charge in [-0.3, -0.25) is 4.99 Å². The molecular weight excluding hydrogens is 428 g/mol. The van der Waals surface area contributed by atoms with Gasteiger partial charge < -0.3 is 19.9 Å². The van der Waals surface area contributed by atoms with Crippen LogP contribution in [-0.4, -0.2) is 36.0 Å². The molecule has 0 radical (unpaired) electrons. The number of nitrogen functional groups attached to an aromatic ring is 1. The zero-order valence-electron chi connectivity index (χ0n) is 21.0. The number of carbonyl (C=O) groups is 1. The maximum absolute atomic E-state index is 11.7. The average Bonchev–Trinajstić information content (AvgIpc) is 3.07. The number of benzene rings is 2. The van der Waals surface area contributed by atoms with Crippen LogP contribution in [0.4, 0.5) is 5.69 Å². The number of ether oxygens (including phenoxy) is 3. The van der Waals surface area contributed by atoms with Gasteiger partial charge in [0.25, 0.3) is 0 Å². The monoisotopic (exact) mass is 462 g/mol. The number of nitrogens with zero attached hydrogens (tertiary/aromatic N) is 1. The minimum absolute atomic E-state index is 0.272. The van der Waals surface area contributed by atoms with Gasteiger partial charge in [0.15, 0.2) is 11.5 Å². The van der Waals surface area contributed by atoms with Gasteiger partial charge in [0.2, 0.25) is 0 Å². The summed E-state index contributed by atoms with van der Waals surface area (Å²) in [6.45, 7) is 13.2. The van der Waals surface area contributed by atoms with Crippen LogP contribution in [0.2, 0.25) is 0 Å². The first kappa shape index (κ1) is 23.9. The number of nitrogens with two attached hydrogens (primary N) is 1. The highest BCUT2D eigenvalue weighted by Crippen LogP contribution is 2.48. The topological polar surface area (TPSA) is 83.1 Å². The van der Waals surface area contributed by atoms with Crippen LogP contribution in [0.5, 0.6) is 11.5 Å². The Morgan fingerprint density at radius 2 is 1.91 bits per heavy atom. The molecule has 34 heavy (non-hydrogen) atoms. The lowest BCUT2D eigenvalue weighted by Crippen LogP contribution is -2.30. The smallest absolute Gasteiger partial charge is 0.330 e. The Labute approximate surface area is 201 Å². The standard InChI is InChI=1S/C28H34N2O4/c1-7-32-22-14-19-15-27(3,4)30-25(24(19)20-16-28(5,6)34-26(20)22)18-10-9-17(21(29)13-18)11-12-23(31)33-8-2/h9-14H,7-8,15-16,29H2,1-6H3. The molecule has 2 N–H and O–H groups in total. The molecule has 0 fully saturated rings. The van der Waals surface area contributed by atoms with Crippen molar-refractivity contribution in [1.82, 2.24) is 0 Å². The van der Waals surface area contributed by atoms with E-state index in [1.165, 1.54) is 11.6 Å². The molecule has 4 rings (SSSR count). The molecule has 2 aromatic rings. The van der Waals surface area contributed by atoms with E-state index < -0.39 is 0 Å². The maximum atomic E-state index is 11.7. The SMILES string of the molecule is CCOC(=O)C=Cc1ccc(C2=NC(C)(C)Cc3cc(OCC)c4c(c32)CC(C)(C)O4)cc1N. The Kier molecular flexibility index (Phi) is 6.19. The van der Waals surface area contributed by atoms with Crippen LogP contribution in [0.3, 0.4) is 0 Å². The van der Waals surface area contributed by atoms with Gasteiger partial charge in [0.1, 0.15) is 5.60 Å². The highest BCUT2D eigenvalue weighted by molar-refractivity contribution is 6.16. The molecule has 180 valence electrons. The van der Waals surface area contributed by atoms with Gasteiger partial charge in [0, 0.05) is 34.9 Å². The van der Waals surface area contributed by atoms with Crippen molar-refractivity contribution in [3.05, 3.63) is 58.2 Å². The zero-order chi connectivity index (χ0) is 24.7. The van der Waals surface area contributed by atoms with Gasteiger partial charge >= 0.3 is 5.97 Å². The van der Waals surface area contributed by atoms with E-state index in [2.05, 4.69) is 33.8 Å². The fourth-order valence-electron chi connectivity index (χ4n) is 4.76. The molecule has 2 aliphatic heterocycles. The van der Waals surface area contributed by atoms with Crippen molar-refractivity contribution in [2.24, 2.45) is 4.99 Å². The molecule has 0 atom stereocenters.